The van der Waals surface area contributed by atoms with E-state index in [1.807, 2.05) is 6.92 Å². The van der Waals surface area contributed by atoms with Crippen molar-refractivity contribution in [2.45, 2.75) is 46.6 Å². The van der Waals surface area contributed by atoms with Crippen molar-refractivity contribution in [1.82, 2.24) is 15.5 Å². The van der Waals surface area contributed by atoms with Gasteiger partial charge in [-0.2, -0.15) is 0 Å². The number of guanidine groups is 1. The minimum Gasteiger partial charge on any atom is -0.357 e. The summed E-state index contributed by atoms with van der Waals surface area (Å²) in [5, 5.41) is 6.49. The van der Waals surface area contributed by atoms with Crippen molar-refractivity contribution in [3.8, 4) is 0 Å². The van der Waals surface area contributed by atoms with Gasteiger partial charge >= 0.3 is 0 Å². The number of hydrogen-bond donors (Lipinski definition) is 2. The average Bonchev–Trinajstić information content (AvgIpc) is 2.42. The number of nitrogens with zero attached hydrogens (tertiary/aromatic N) is 2. The lowest BCUT2D eigenvalue weighted by Crippen LogP contribution is -2.42. The molecule has 0 heterocycles. The van der Waals surface area contributed by atoms with Crippen LogP contribution in [0.15, 0.2) is 4.99 Å². The second kappa shape index (κ2) is 14.3. The first-order chi connectivity index (χ1) is 10.3. The maximum absolute atomic E-state index is 11.1. The zero-order valence-corrected chi connectivity index (χ0v) is 18.4. The van der Waals surface area contributed by atoms with Gasteiger partial charge in [0.15, 0.2) is 5.96 Å². The van der Waals surface area contributed by atoms with Crippen LogP contribution in [0.2, 0.25) is 0 Å². The van der Waals surface area contributed by atoms with Crippen LogP contribution in [0.4, 0.5) is 0 Å². The summed E-state index contributed by atoms with van der Waals surface area (Å²) in [5.41, 5.74) is 0. The van der Waals surface area contributed by atoms with Crippen LogP contribution in [-0.4, -0.2) is 70.1 Å². The molecular formula is C15H35IN4O2S. The number of aliphatic imine (C=N–C) groups is 1. The van der Waals surface area contributed by atoms with Crippen molar-refractivity contribution in [3.05, 3.63) is 0 Å². The summed E-state index contributed by atoms with van der Waals surface area (Å²) in [5.74, 6) is 0.779. The molecule has 0 aromatic carbocycles. The summed E-state index contributed by atoms with van der Waals surface area (Å²) in [6, 6.07) is 0.312. The third kappa shape index (κ3) is 15.2. The summed E-state index contributed by atoms with van der Waals surface area (Å²) < 4.78 is 22.3. The lowest BCUT2D eigenvalue weighted by Gasteiger charge is -2.21. The van der Waals surface area contributed by atoms with Gasteiger partial charge < -0.3 is 15.5 Å². The summed E-state index contributed by atoms with van der Waals surface area (Å²) in [6.07, 6.45) is 3.43. The van der Waals surface area contributed by atoms with Crippen molar-refractivity contribution in [2.75, 3.05) is 44.7 Å². The standard InChI is InChI=1S/C15H34N4O2S.HI/c1-6-16-15(17-11-13-22(5,20)21)18-14(4)10-9-12-19(7-2)8-3;/h14H,6-13H2,1-5H3,(H2,16,17,18);1H. The van der Waals surface area contributed by atoms with Gasteiger partial charge in [0.25, 0.3) is 0 Å². The molecule has 0 rings (SSSR count). The minimum atomic E-state index is -2.96. The average molecular weight is 462 g/mol. The molecule has 0 aromatic heterocycles. The van der Waals surface area contributed by atoms with E-state index < -0.39 is 9.84 Å². The Labute approximate surface area is 159 Å². The van der Waals surface area contributed by atoms with Crippen LogP contribution in [0.1, 0.15) is 40.5 Å². The Bertz CT molecular complexity index is 412. The molecular weight excluding hydrogens is 427 g/mol. The molecule has 23 heavy (non-hydrogen) atoms. The normalized spacial score (nSPS) is 13.6. The highest BCUT2D eigenvalue weighted by Gasteiger charge is 2.07. The molecule has 1 unspecified atom stereocenters. The van der Waals surface area contributed by atoms with Gasteiger partial charge in [0.05, 0.1) is 12.3 Å². The molecule has 6 nitrogen and oxygen atoms in total. The molecule has 0 aliphatic carbocycles. The van der Waals surface area contributed by atoms with Crippen LogP contribution in [0.25, 0.3) is 0 Å². The number of rotatable bonds is 11. The fourth-order valence-electron chi connectivity index (χ4n) is 2.11. The van der Waals surface area contributed by atoms with E-state index in [2.05, 4.69) is 41.3 Å². The second-order valence-corrected chi connectivity index (χ2v) is 7.86. The number of nitrogens with one attached hydrogen (secondary N) is 2. The Balaban J connectivity index is 0. The predicted molar refractivity (Wildman–Crippen MR) is 111 cm³/mol. The van der Waals surface area contributed by atoms with E-state index in [1.54, 1.807) is 0 Å². The molecule has 0 aromatic rings. The van der Waals surface area contributed by atoms with E-state index in [0.29, 0.717) is 18.5 Å². The third-order valence-electron chi connectivity index (χ3n) is 3.47. The monoisotopic (exact) mass is 462 g/mol. The van der Waals surface area contributed by atoms with Crippen molar-refractivity contribution < 1.29 is 8.42 Å². The Hall–Kier alpha value is -0.0900. The van der Waals surface area contributed by atoms with Crippen molar-refractivity contribution in [2.24, 2.45) is 4.99 Å². The second-order valence-electron chi connectivity index (χ2n) is 5.61. The zero-order chi connectivity index (χ0) is 17.0. The fourth-order valence-corrected chi connectivity index (χ4v) is 2.53. The summed E-state index contributed by atoms with van der Waals surface area (Å²) in [7, 11) is -2.96. The topological polar surface area (TPSA) is 73.8 Å². The van der Waals surface area contributed by atoms with Crippen LogP contribution in [0, 0.1) is 0 Å². The van der Waals surface area contributed by atoms with Gasteiger partial charge in [-0.25, -0.2) is 8.42 Å². The molecule has 2 N–H and O–H groups in total. The Morgan fingerprint density at radius 2 is 1.83 bits per heavy atom. The Morgan fingerprint density at radius 3 is 2.30 bits per heavy atom. The third-order valence-corrected chi connectivity index (χ3v) is 4.39. The number of halogens is 1. The molecule has 0 fully saturated rings. The molecule has 1 atom stereocenters. The van der Waals surface area contributed by atoms with Gasteiger partial charge in [-0.1, -0.05) is 13.8 Å². The molecule has 140 valence electrons. The highest BCUT2D eigenvalue weighted by molar-refractivity contribution is 14.0. The van der Waals surface area contributed by atoms with Gasteiger partial charge in [0, 0.05) is 18.8 Å². The summed E-state index contributed by atoms with van der Waals surface area (Å²) in [4.78, 5) is 6.73. The fraction of sp³-hybridized carbons (Fsp3) is 0.933. The summed E-state index contributed by atoms with van der Waals surface area (Å²) >= 11 is 0. The Morgan fingerprint density at radius 1 is 1.22 bits per heavy atom. The number of hydrogen-bond acceptors (Lipinski definition) is 4. The number of sulfone groups is 1. The minimum absolute atomic E-state index is 0. The maximum atomic E-state index is 11.1. The van der Waals surface area contributed by atoms with Gasteiger partial charge in [-0.05, 0) is 46.3 Å². The first-order valence-electron chi connectivity index (χ1n) is 8.27. The maximum Gasteiger partial charge on any atom is 0.191 e. The smallest absolute Gasteiger partial charge is 0.191 e. The molecule has 8 heteroatoms. The molecule has 0 aliphatic heterocycles. The van der Waals surface area contributed by atoms with E-state index in [1.165, 1.54) is 6.26 Å². The highest BCUT2D eigenvalue weighted by Crippen LogP contribution is 1.99. The largest absolute Gasteiger partial charge is 0.357 e. The van der Waals surface area contributed by atoms with Crippen LogP contribution >= 0.6 is 24.0 Å². The van der Waals surface area contributed by atoms with E-state index in [0.717, 1.165) is 39.0 Å². The lowest BCUT2D eigenvalue weighted by molar-refractivity contribution is 0.292. The molecule has 0 aliphatic rings. The van der Waals surface area contributed by atoms with Gasteiger partial charge in [-0.15, -0.1) is 24.0 Å². The van der Waals surface area contributed by atoms with Crippen molar-refractivity contribution >= 4 is 39.8 Å². The van der Waals surface area contributed by atoms with E-state index in [-0.39, 0.29) is 29.7 Å². The van der Waals surface area contributed by atoms with Gasteiger partial charge in [-0.3, -0.25) is 4.99 Å². The van der Waals surface area contributed by atoms with Gasteiger partial charge in [0.2, 0.25) is 0 Å². The first kappa shape index (κ1) is 25.2. The molecule has 0 saturated carbocycles. The SMILES string of the molecule is CCNC(=NCCS(C)(=O)=O)NC(C)CCCN(CC)CC.I. The summed E-state index contributed by atoms with van der Waals surface area (Å²) in [6.45, 7) is 12.8. The van der Waals surface area contributed by atoms with Crippen molar-refractivity contribution in [1.29, 1.82) is 0 Å². The first-order valence-corrected chi connectivity index (χ1v) is 10.3. The van der Waals surface area contributed by atoms with E-state index >= 15 is 0 Å². The molecule has 0 spiro atoms. The molecule has 0 amide bonds. The zero-order valence-electron chi connectivity index (χ0n) is 15.3. The Kier molecular flexibility index (Phi) is 15.6. The quantitative estimate of drug-likeness (QED) is 0.278. The van der Waals surface area contributed by atoms with Gasteiger partial charge in [0.1, 0.15) is 9.84 Å². The molecule has 0 saturated heterocycles. The predicted octanol–water partition coefficient (Wildman–Crippen LogP) is 1.71. The van der Waals surface area contributed by atoms with Crippen LogP contribution in [0.5, 0.6) is 0 Å². The van der Waals surface area contributed by atoms with Crippen LogP contribution in [-0.2, 0) is 9.84 Å². The molecule has 0 bridgehead atoms. The van der Waals surface area contributed by atoms with Crippen LogP contribution in [0.3, 0.4) is 0 Å². The lowest BCUT2D eigenvalue weighted by atomic mass is 10.2. The van der Waals surface area contributed by atoms with Crippen LogP contribution < -0.4 is 10.6 Å². The molecule has 0 radical (unpaired) electrons. The van der Waals surface area contributed by atoms with E-state index in [4.69, 9.17) is 0 Å². The van der Waals surface area contributed by atoms with Crippen molar-refractivity contribution in [3.63, 3.8) is 0 Å². The van der Waals surface area contributed by atoms with E-state index in [9.17, 15) is 8.42 Å². The highest BCUT2D eigenvalue weighted by atomic mass is 127.